The summed E-state index contributed by atoms with van der Waals surface area (Å²) in [4.78, 5) is 15.4. The lowest BCUT2D eigenvalue weighted by molar-refractivity contribution is -0.142. The van der Waals surface area contributed by atoms with Crippen LogP contribution in [-0.4, -0.2) is 29.9 Å². The van der Waals surface area contributed by atoms with Gasteiger partial charge >= 0.3 is 5.97 Å². The Bertz CT molecular complexity index is 636. The molecule has 1 aromatic heterocycles. The molecule has 1 aromatic carbocycles. The molecule has 1 unspecified atom stereocenters. The summed E-state index contributed by atoms with van der Waals surface area (Å²) in [5.74, 6) is 0.757. The van der Waals surface area contributed by atoms with E-state index < -0.39 is 12.0 Å². The van der Waals surface area contributed by atoms with Crippen LogP contribution in [0.3, 0.4) is 0 Å². The molecule has 0 bridgehead atoms. The molecule has 2 aromatic rings. The average molecular weight is 308 g/mol. The second kappa shape index (κ2) is 7.38. The number of carbonyl (C=O) groups excluding carboxylic acids is 1. The van der Waals surface area contributed by atoms with Crippen LogP contribution >= 0.6 is 11.8 Å². The highest BCUT2D eigenvalue weighted by molar-refractivity contribution is 7.98. The van der Waals surface area contributed by atoms with Crippen molar-refractivity contribution in [3.05, 3.63) is 41.8 Å². The van der Waals surface area contributed by atoms with E-state index in [2.05, 4.69) is 9.72 Å². The Morgan fingerprint density at radius 2 is 2.29 bits per heavy atom. The van der Waals surface area contributed by atoms with Gasteiger partial charge in [-0.15, -0.1) is 0 Å². The van der Waals surface area contributed by atoms with Gasteiger partial charge in [0.2, 0.25) is 0 Å². The topological polar surface area (TPSA) is 65.2 Å². The Balaban J connectivity index is 1.95. The molecule has 2 rings (SSSR count). The van der Waals surface area contributed by atoms with Crippen molar-refractivity contribution in [1.82, 2.24) is 4.98 Å². The number of nitrogens with two attached hydrogens (primary N) is 1. The van der Waals surface area contributed by atoms with Gasteiger partial charge in [0.15, 0.2) is 0 Å². The van der Waals surface area contributed by atoms with Crippen molar-refractivity contribution in [3.8, 4) is 0 Å². The van der Waals surface area contributed by atoms with E-state index in [1.54, 1.807) is 36.2 Å². The van der Waals surface area contributed by atoms with Gasteiger partial charge in [-0.1, -0.05) is 6.07 Å². The lowest BCUT2D eigenvalue weighted by Crippen LogP contribution is -2.31. The number of methoxy groups -OCH3 is 1. The molecule has 0 aliphatic carbocycles. The Hall–Kier alpha value is -1.66. The van der Waals surface area contributed by atoms with E-state index in [4.69, 9.17) is 5.73 Å². The fraction of sp³-hybridized carbons (Fsp3) is 0.333. The molecule has 0 aliphatic heterocycles. The molecular weight excluding hydrogens is 291 g/mol. The van der Waals surface area contributed by atoms with Crippen molar-refractivity contribution in [1.29, 1.82) is 0 Å². The fourth-order valence-electron chi connectivity index (χ4n) is 1.97. The van der Waals surface area contributed by atoms with Crippen molar-refractivity contribution in [2.75, 3.05) is 12.9 Å². The smallest absolute Gasteiger partial charge is 0.322 e. The molecule has 6 heteroatoms. The third kappa shape index (κ3) is 3.92. The molecular formula is C15H17FN2O2S. The summed E-state index contributed by atoms with van der Waals surface area (Å²) in [6.07, 6.45) is 2.20. The number of fused-ring (bicyclic) bond motifs is 1. The number of benzene rings is 1. The molecule has 0 fully saturated rings. The van der Waals surface area contributed by atoms with Gasteiger partial charge in [-0.05, 0) is 35.9 Å². The maximum Gasteiger partial charge on any atom is 0.322 e. The zero-order chi connectivity index (χ0) is 15.2. The highest BCUT2D eigenvalue weighted by Gasteiger charge is 2.13. The van der Waals surface area contributed by atoms with Gasteiger partial charge in [0.05, 0.1) is 12.6 Å². The number of pyridine rings is 1. The maximum absolute atomic E-state index is 13.7. The van der Waals surface area contributed by atoms with Crippen LogP contribution < -0.4 is 5.73 Å². The maximum atomic E-state index is 13.7. The number of rotatable bonds is 6. The summed E-state index contributed by atoms with van der Waals surface area (Å²) in [5.41, 5.74) is 7.33. The lowest BCUT2D eigenvalue weighted by Gasteiger charge is -2.09. The normalized spacial score (nSPS) is 12.3. The van der Waals surface area contributed by atoms with Crippen LogP contribution in [0, 0.1) is 5.82 Å². The van der Waals surface area contributed by atoms with E-state index in [1.807, 2.05) is 0 Å². The first-order valence-electron chi connectivity index (χ1n) is 6.56. The molecule has 0 amide bonds. The molecule has 0 radical (unpaired) electrons. The van der Waals surface area contributed by atoms with E-state index in [9.17, 15) is 9.18 Å². The third-order valence-electron chi connectivity index (χ3n) is 3.13. The highest BCUT2D eigenvalue weighted by atomic mass is 32.2. The van der Waals surface area contributed by atoms with E-state index in [0.29, 0.717) is 23.1 Å². The third-order valence-corrected chi connectivity index (χ3v) is 4.17. The van der Waals surface area contributed by atoms with Crippen LogP contribution in [0.15, 0.2) is 30.5 Å². The second-order valence-corrected chi connectivity index (χ2v) is 5.68. The standard InChI is InChI=1S/C15H17FN2O2S/c1-20-15(19)13(17)6-8-21-9-10-4-5-12(16)11-3-2-7-18-14(10)11/h2-5,7,13H,6,8-9,17H2,1H3. The second-order valence-electron chi connectivity index (χ2n) is 4.58. The van der Waals surface area contributed by atoms with Gasteiger partial charge in [-0.3, -0.25) is 9.78 Å². The first-order valence-corrected chi connectivity index (χ1v) is 7.72. The molecule has 0 spiro atoms. The first kappa shape index (κ1) is 15.7. The molecule has 1 atom stereocenters. The Morgan fingerprint density at radius 3 is 3.05 bits per heavy atom. The summed E-state index contributed by atoms with van der Waals surface area (Å²) in [6, 6.07) is 6.06. The van der Waals surface area contributed by atoms with Gasteiger partial charge < -0.3 is 10.5 Å². The van der Waals surface area contributed by atoms with Gasteiger partial charge in [0.1, 0.15) is 11.9 Å². The highest BCUT2D eigenvalue weighted by Crippen LogP contribution is 2.23. The molecule has 21 heavy (non-hydrogen) atoms. The molecule has 0 saturated heterocycles. The number of thioether (sulfide) groups is 1. The minimum absolute atomic E-state index is 0.264. The van der Waals surface area contributed by atoms with Crippen molar-refractivity contribution in [3.63, 3.8) is 0 Å². The zero-order valence-electron chi connectivity index (χ0n) is 11.7. The van der Waals surface area contributed by atoms with Crippen molar-refractivity contribution in [2.24, 2.45) is 5.73 Å². The van der Waals surface area contributed by atoms with Crippen LogP contribution in [-0.2, 0) is 15.3 Å². The van der Waals surface area contributed by atoms with Crippen molar-refractivity contribution in [2.45, 2.75) is 18.2 Å². The molecule has 0 aliphatic rings. The quantitative estimate of drug-likeness (QED) is 0.656. The number of hydrogen-bond acceptors (Lipinski definition) is 5. The van der Waals surface area contributed by atoms with E-state index in [1.165, 1.54) is 13.2 Å². The van der Waals surface area contributed by atoms with Crippen LogP contribution in [0.2, 0.25) is 0 Å². The van der Waals surface area contributed by atoms with E-state index in [0.717, 1.165) is 11.3 Å². The minimum atomic E-state index is -0.592. The van der Waals surface area contributed by atoms with Gasteiger partial charge in [0, 0.05) is 17.3 Å². The van der Waals surface area contributed by atoms with E-state index in [-0.39, 0.29) is 5.82 Å². The number of aromatic nitrogens is 1. The molecule has 112 valence electrons. The lowest BCUT2D eigenvalue weighted by atomic mass is 10.1. The van der Waals surface area contributed by atoms with Crippen LogP contribution in [0.4, 0.5) is 4.39 Å². The Kier molecular flexibility index (Phi) is 5.52. The fourth-order valence-corrected chi connectivity index (χ4v) is 2.99. The SMILES string of the molecule is COC(=O)C(N)CCSCc1ccc(F)c2cccnc12. The molecule has 2 N–H and O–H groups in total. The molecule has 4 nitrogen and oxygen atoms in total. The monoisotopic (exact) mass is 308 g/mol. The van der Waals surface area contributed by atoms with E-state index >= 15 is 0 Å². The summed E-state index contributed by atoms with van der Waals surface area (Å²) in [5, 5.41) is 0.530. The van der Waals surface area contributed by atoms with Gasteiger partial charge in [0.25, 0.3) is 0 Å². The number of carbonyl (C=O) groups is 1. The average Bonchev–Trinajstić information content (AvgIpc) is 2.52. The zero-order valence-corrected chi connectivity index (χ0v) is 12.5. The molecule has 1 heterocycles. The number of esters is 1. The number of ether oxygens (including phenoxy) is 1. The Labute approximate surface area is 126 Å². The first-order chi connectivity index (χ1) is 10.1. The number of hydrogen-bond donors (Lipinski definition) is 1. The predicted molar refractivity (Wildman–Crippen MR) is 82.5 cm³/mol. The summed E-state index contributed by atoms with van der Waals surface area (Å²) in [7, 11) is 1.33. The molecule has 0 saturated carbocycles. The van der Waals surface area contributed by atoms with Gasteiger partial charge in [-0.2, -0.15) is 11.8 Å². The minimum Gasteiger partial charge on any atom is -0.468 e. The Morgan fingerprint density at radius 1 is 1.48 bits per heavy atom. The summed E-state index contributed by atoms with van der Waals surface area (Å²) < 4.78 is 18.2. The predicted octanol–water partition coefficient (Wildman–Crippen LogP) is 2.50. The van der Waals surface area contributed by atoms with Crippen LogP contribution in [0.5, 0.6) is 0 Å². The van der Waals surface area contributed by atoms with Crippen molar-refractivity contribution >= 4 is 28.6 Å². The van der Waals surface area contributed by atoms with Crippen molar-refractivity contribution < 1.29 is 13.9 Å². The van der Waals surface area contributed by atoms with Crippen LogP contribution in [0.1, 0.15) is 12.0 Å². The summed E-state index contributed by atoms with van der Waals surface area (Å²) in [6.45, 7) is 0. The number of nitrogens with zero attached hydrogens (tertiary/aromatic N) is 1. The van der Waals surface area contributed by atoms with Crippen LogP contribution in [0.25, 0.3) is 10.9 Å². The van der Waals surface area contributed by atoms with Gasteiger partial charge in [-0.25, -0.2) is 4.39 Å². The number of halogens is 1. The largest absolute Gasteiger partial charge is 0.468 e. The summed E-state index contributed by atoms with van der Waals surface area (Å²) >= 11 is 1.63.